The van der Waals surface area contributed by atoms with Gasteiger partial charge in [0.1, 0.15) is 5.75 Å². The van der Waals surface area contributed by atoms with Gasteiger partial charge in [0.05, 0.1) is 7.11 Å². The Morgan fingerprint density at radius 1 is 1.33 bits per heavy atom. The van der Waals surface area contributed by atoms with Crippen molar-refractivity contribution in [2.24, 2.45) is 0 Å². The number of nitrogens with one attached hydrogen (secondary N) is 1. The van der Waals surface area contributed by atoms with Crippen LogP contribution >= 0.6 is 0 Å². The molecule has 6 heteroatoms. The molecule has 0 heterocycles. The summed E-state index contributed by atoms with van der Waals surface area (Å²) in [6.07, 6.45) is -3.42. The first kappa shape index (κ1) is 14.1. The number of alkyl halides is 3. The maximum atomic E-state index is 11.8. The number of halogens is 3. The van der Waals surface area contributed by atoms with Crippen molar-refractivity contribution < 1.29 is 22.7 Å². The van der Waals surface area contributed by atoms with Gasteiger partial charge in [-0.1, -0.05) is 6.08 Å². The van der Waals surface area contributed by atoms with Gasteiger partial charge in [-0.3, -0.25) is 4.79 Å². The number of hydrogen-bond acceptors (Lipinski definition) is 2. The van der Waals surface area contributed by atoms with E-state index in [1.54, 1.807) is 12.1 Å². The zero-order valence-corrected chi connectivity index (χ0v) is 9.62. The predicted octanol–water partition coefficient (Wildman–Crippen LogP) is 2.54. The molecule has 0 radical (unpaired) electrons. The van der Waals surface area contributed by atoms with Crippen LogP contribution in [0.15, 0.2) is 36.4 Å². The highest BCUT2D eigenvalue weighted by atomic mass is 19.4. The molecule has 98 valence electrons. The van der Waals surface area contributed by atoms with Crippen molar-refractivity contribution in [3.05, 3.63) is 42.0 Å². The summed E-state index contributed by atoms with van der Waals surface area (Å²) in [6, 6.07) is 6.25. The van der Waals surface area contributed by atoms with Gasteiger partial charge in [0.25, 0.3) is 5.91 Å². The summed E-state index contributed by atoms with van der Waals surface area (Å²) in [5.41, 5.74) is 0.358. The second kappa shape index (κ2) is 6.09. The number of allylic oxidation sites excluding steroid dienone is 1. The lowest BCUT2D eigenvalue weighted by Gasteiger charge is -2.04. The largest absolute Gasteiger partial charge is 0.497 e. The molecule has 0 saturated heterocycles. The normalized spacial score (nSPS) is 11.6. The molecule has 0 bridgehead atoms. The lowest BCUT2D eigenvalue weighted by Crippen LogP contribution is -2.23. The summed E-state index contributed by atoms with van der Waals surface area (Å²) in [6.45, 7) is -0.176. The number of rotatable bonds is 4. The van der Waals surface area contributed by atoms with Crippen LogP contribution in [0, 0.1) is 0 Å². The van der Waals surface area contributed by atoms with E-state index in [9.17, 15) is 18.0 Å². The zero-order chi connectivity index (χ0) is 13.6. The average Bonchev–Trinajstić information content (AvgIpc) is 2.33. The van der Waals surface area contributed by atoms with Crippen molar-refractivity contribution in [2.75, 3.05) is 13.7 Å². The molecule has 0 aliphatic rings. The zero-order valence-electron chi connectivity index (χ0n) is 9.62. The van der Waals surface area contributed by atoms with Gasteiger partial charge >= 0.3 is 6.18 Å². The molecule has 18 heavy (non-hydrogen) atoms. The van der Waals surface area contributed by atoms with E-state index in [0.717, 1.165) is 6.08 Å². The number of carbonyl (C=O) groups excluding carboxylic acids is 1. The predicted molar refractivity (Wildman–Crippen MR) is 60.5 cm³/mol. The summed E-state index contributed by atoms with van der Waals surface area (Å²) in [4.78, 5) is 11.5. The van der Waals surface area contributed by atoms with Crippen LogP contribution in [0.1, 0.15) is 10.4 Å². The molecule has 1 rings (SSSR count). The Kier molecular flexibility index (Phi) is 4.76. The second-order valence-electron chi connectivity index (χ2n) is 3.38. The maximum Gasteiger partial charge on any atom is 0.409 e. The fourth-order valence-electron chi connectivity index (χ4n) is 1.19. The molecule has 1 aromatic rings. The van der Waals surface area contributed by atoms with Gasteiger partial charge in [-0.25, -0.2) is 0 Å². The molecule has 1 N–H and O–H groups in total. The van der Waals surface area contributed by atoms with Crippen LogP contribution in [-0.4, -0.2) is 25.7 Å². The van der Waals surface area contributed by atoms with E-state index in [0.29, 0.717) is 11.3 Å². The maximum absolute atomic E-state index is 11.8. The summed E-state index contributed by atoms with van der Waals surface area (Å²) in [7, 11) is 1.50. The second-order valence-corrected chi connectivity index (χ2v) is 3.38. The van der Waals surface area contributed by atoms with Crippen molar-refractivity contribution in [3.8, 4) is 5.75 Å². The molecule has 0 spiro atoms. The molecule has 1 aromatic carbocycles. The van der Waals surface area contributed by atoms with Gasteiger partial charge in [0.15, 0.2) is 0 Å². The number of ether oxygens (including phenoxy) is 1. The van der Waals surface area contributed by atoms with E-state index >= 15 is 0 Å². The molecule has 0 fully saturated rings. The van der Waals surface area contributed by atoms with Crippen LogP contribution in [0.3, 0.4) is 0 Å². The van der Waals surface area contributed by atoms with Crippen molar-refractivity contribution in [3.63, 3.8) is 0 Å². The number of methoxy groups -OCH3 is 1. The third kappa shape index (κ3) is 4.90. The van der Waals surface area contributed by atoms with Gasteiger partial charge in [0.2, 0.25) is 0 Å². The topological polar surface area (TPSA) is 38.3 Å². The van der Waals surface area contributed by atoms with Crippen molar-refractivity contribution in [1.29, 1.82) is 0 Å². The van der Waals surface area contributed by atoms with Gasteiger partial charge < -0.3 is 10.1 Å². The molecule has 3 nitrogen and oxygen atoms in total. The Bertz CT molecular complexity index is 424. The average molecular weight is 259 g/mol. The number of amides is 1. The highest BCUT2D eigenvalue weighted by molar-refractivity contribution is 5.94. The van der Waals surface area contributed by atoms with Gasteiger partial charge in [-0.15, -0.1) is 0 Å². The van der Waals surface area contributed by atoms with Gasteiger partial charge in [-0.05, 0) is 24.3 Å². The van der Waals surface area contributed by atoms with Crippen LogP contribution in [0.25, 0.3) is 0 Å². The number of carbonyl (C=O) groups is 1. The molecule has 0 saturated carbocycles. The fraction of sp³-hybridized carbons (Fsp3) is 0.250. The van der Waals surface area contributed by atoms with Crippen LogP contribution in [0.4, 0.5) is 13.2 Å². The first-order valence-electron chi connectivity index (χ1n) is 5.09. The molecule has 0 aliphatic heterocycles. The smallest absolute Gasteiger partial charge is 0.409 e. The molecular formula is C12H12F3NO2. The lowest BCUT2D eigenvalue weighted by atomic mass is 10.2. The minimum Gasteiger partial charge on any atom is -0.497 e. The Balaban J connectivity index is 2.48. The Labute approximate surface area is 102 Å². The first-order chi connectivity index (χ1) is 8.42. The molecule has 0 aromatic heterocycles. The summed E-state index contributed by atoms with van der Waals surface area (Å²) >= 11 is 0. The number of benzene rings is 1. The molecule has 0 aliphatic carbocycles. The summed E-state index contributed by atoms with van der Waals surface area (Å²) in [5.74, 6) is 0.160. The summed E-state index contributed by atoms with van der Waals surface area (Å²) < 4.78 is 40.2. The van der Waals surface area contributed by atoms with E-state index in [-0.39, 0.29) is 12.6 Å². The van der Waals surface area contributed by atoms with Crippen LogP contribution in [0.5, 0.6) is 5.75 Å². The fourth-order valence-corrected chi connectivity index (χ4v) is 1.19. The standard InChI is InChI=1S/C12H12F3NO2/c1-18-10-5-3-9(4-6-10)11(17)16-8-2-7-12(13,14)15/h2-7H,8H2,1H3,(H,16,17)/b7-2+. The minimum absolute atomic E-state index is 0.0846. The summed E-state index contributed by atoms with van der Waals surface area (Å²) in [5, 5.41) is 2.34. The Morgan fingerprint density at radius 2 is 1.94 bits per heavy atom. The highest BCUT2D eigenvalue weighted by Crippen LogP contribution is 2.15. The van der Waals surface area contributed by atoms with E-state index in [1.807, 2.05) is 0 Å². The van der Waals surface area contributed by atoms with E-state index in [4.69, 9.17) is 4.74 Å². The third-order valence-electron chi connectivity index (χ3n) is 2.04. The van der Waals surface area contributed by atoms with Gasteiger partial charge in [-0.2, -0.15) is 13.2 Å². The number of hydrogen-bond donors (Lipinski definition) is 1. The lowest BCUT2D eigenvalue weighted by molar-refractivity contribution is -0.0800. The minimum atomic E-state index is -4.36. The van der Waals surface area contributed by atoms with E-state index in [2.05, 4.69) is 5.32 Å². The van der Waals surface area contributed by atoms with Crippen LogP contribution < -0.4 is 10.1 Å². The Morgan fingerprint density at radius 3 is 2.44 bits per heavy atom. The first-order valence-corrected chi connectivity index (χ1v) is 5.09. The van der Waals surface area contributed by atoms with Crippen molar-refractivity contribution in [1.82, 2.24) is 5.32 Å². The SMILES string of the molecule is COc1ccc(C(=O)NC/C=C/C(F)(F)F)cc1. The molecule has 0 atom stereocenters. The third-order valence-corrected chi connectivity index (χ3v) is 2.04. The van der Waals surface area contributed by atoms with Crippen LogP contribution in [0.2, 0.25) is 0 Å². The molecule has 0 unspecified atom stereocenters. The van der Waals surface area contributed by atoms with Crippen molar-refractivity contribution in [2.45, 2.75) is 6.18 Å². The van der Waals surface area contributed by atoms with E-state index < -0.39 is 12.1 Å². The monoisotopic (exact) mass is 259 g/mol. The quantitative estimate of drug-likeness (QED) is 0.844. The highest BCUT2D eigenvalue weighted by Gasteiger charge is 2.21. The molecule has 1 amide bonds. The van der Waals surface area contributed by atoms with Gasteiger partial charge in [0, 0.05) is 18.2 Å². The van der Waals surface area contributed by atoms with E-state index in [1.165, 1.54) is 19.2 Å². The van der Waals surface area contributed by atoms with Crippen LogP contribution in [-0.2, 0) is 0 Å². The van der Waals surface area contributed by atoms with Crippen molar-refractivity contribution >= 4 is 5.91 Å². The molecular weight excluding hydrogens is 247 g/mol. The Hall–Kier alpha value is -1.98.